The van der Waals surface area contributed by atoms with Crippen molar-refractivity contribution in [2.75, 3.05) is 4.90 Å². The average Bonchev–Trinajstić information content (AvgIpc) is 3.53. The first-order chi connectivity index (χ1) is 19.4. The van der Waals surface area contributed by atoms with Gasteiger partial charge in [-0.2, -0.15) is 0 Å². The molecule has 196 valence electrons. The summed E-state index contributed by atoms with van der Waals surface area (Å²) in [4.78, 5) is 29.7. The highest BCUT2D eigenvalue weighted by Crippen LogP contribution is 2.43. The van der Waals surface area contributed by atoms with E-state index in [2.05, 4.69) is 43.0 Å². The average molecular weight is 560 g/mol. The Bertz CT molecular complexity index is 1850. The quantitative estimate of drug-likeness (QED) is 0.128. The van der Waals surface area contributed by atoms with Crippen LogP contribution in [0.5, 0.6) is 0 Å². The predicted molar refractivity (Wildman–Crippen MR) is 166 cm³/mol. The van der Waals surface area contributed by atoms with Gasteiger partial charge in [0.1, 0.15) is 18.9 Å². The third kappa shape index (κ3) is 3.53. The zero-order valence-corrected chi connectivity index (χ0v) is 24.0. The number of halogens is 1. The molecule has 7 rings (SSSR count). The van der Waals surface area contributed by atoms with Crippen molar-refractivity contribution in [3.05, 3.63) is 118 Å². The van der Waals surface area contributed by atoms with Crippen LogP contribution in [0.15, 0.2) is 96.6 Å². The molecule has 1 aromatic heterocycles. The zero-order chi connectivity index (χ0) is 27.6. The number of Topliss-reactive ketones (excluding diaryl/α,β-unsaturated/α-hetero) is 2. The van der Waals surface area contributed by atoms with Gasteiger partial charge in [-0.3, -0.25) is 9.59 Å². The van der Waals surface area contributed by atoms with Crippen molar-refractivity contribution in [1.82, 2.24) is 0 Å². The van der Waals surface area contributed by atoms with Crippen molar-refractivity contribution >= 4 is 74.6 Å². The molecule has 0 radical (unpaired) electrons. The van der Waals surface area contributed by atoms with E-state index in [-0.39, 0.29) is 23.0 Å². The van der Waals surface area contributed by atoms with Crippen molar-refractivity contribution in [2.24, 2.45) is 0 Å². The number of ketones is 2. The highest BCUT2D eigenvalue weighted by molar-refractivity contribution is 7.17. The Morgan fingerprint density at radius 3 is 2.05 bits per heavy atom. The lowest BCUT2D eigenvalue weighted by Gasteiger charge is -2.43. The highest BCUT2D eigenvalue weighted by Gasteiger charge is 2.43. The minimum absolute atomic E-state index is 0.198. The zero-order valence-electron chi connectivity index (χ0n) is 22.2. The number of rotatable bonds is 4. The smallest absolute Gasteiger partial charge is 0.197 e. The molecule has 0 spiro atoms. The molecule has 6 heteroatoms. The molecule has 0 bridgehead atoms. The largest absolute Gasteiger partial charge is 0.302 e. The van der Waals surface area contributed by atoms with Gasteiger partial charge in [-0.25, -0.2) is 4.39 Å². The summed E-state index contributed by atoms with van der Waals surface area (Å²) in [5.41, 5.74) is 3.28. The lowest BCUT2D eigenvalue weighted by Crippen LogP contribution is -2.62. The van der Waals surface area contributed by atoms with Crippen molar-refractivity contribution in [2.45, 2.75) is 25.9 Å². The number of para-hydroxylation sites is 1. The van der Waals surface area contributed by atoms with Crippen molar-refractivity contribution in [3.8, 4) is 0 Å². The van der Waals surface area contributed by atoms with E-state index >= 15 is 0 Å². The fourth-order valence-corrected chi connectivity index (χ4v) is 12.0. The monoisotopic (exact) mass is 559 g/mol. The van der Waals surface area contributed by atoms with Gasteiger partial charge in [0.05, 0.1) is 5.57 Å². The van der Waals surface area contributed by atoms with Gasteiger partial charge in [0.15, 0.2) is 11.6 Å². The molecule has 4 aromatic carbocycles. The number of carbonyl (C=O) groups excluding carboxylic acids is 2. The number of benzene rings is 4. The van der Waals surface area contributed by atoms with Crippen LogP contribution in [0.1, 0.15) is 39.4 Å². The van der Waals surface area contributed by atoms with Crippen LogP contribution in [0.2, 0.25) is 12.1 Å². The predicted octanol–water partition coefficient (Wildman–Crippen LogP) is 7.89. The topological polar surface area (TPSA) is 37.4 Å². The van der Waals surface area contributed by atoms with E-state index in [9.17, 15) is 14.0 Å². The number of carbonyl (C=O) groups is 2. The maximum Gasteiger partial charge on any atom is 0.197 e. The van der Waals surface area contributed by atoms with Gasteiger partial charge in [-0.15, -0.1) is 11.3 Å². The highest BCUT2D eigenvalue weighted by atomic mass is 32.1. The molecule has 0 saturated carbocycles. The summed E-state index contributed by atoms with van der Waals surface area (Å²) in [6, 6.07) is 31.1. The van der Waals surface area contributed by atoms with E-state index in [0.717, 1.165) is 49.3 Å². The molecule has 5 aromatic rings. The summed E-state index contributed by atoms with van der Waals surface area (Å²) in [7, 11) is -2.15. The van der Waals surface area contributed by atoms with Gasteiger partial charge in [-0.1, -0.05) is 68.4 Å². The number of fused-ring (bicyclic) bond motifs is 4. The van der Waals surface area contributed by atoms with Crippen LogP contribution in [0, 0.1) is 5.82 Å². The Morgan fingerprint density at radius 1 is 0.750 bits per heavy atom. The third-order valence-electron chi connectivity index (χ3n) is 8.57. The normalized spacial score (nSPS) is 15.3. The third-order valence-corrected chi connectivity index (χ3v) is 14.9. The van der Waals surface area contributed by atoms with Gasteiger partial charge >= 0.3 is 0 Å². The van der Waals surface area contributed by atoms with Crippen molar-refractivity contribution < 1.29 is 14.0 Å². The van der Waals surface area contributed by atoms with E-state index < -0.39 is 8.07 Å². The fourth-order valence-electron chi connectivity index (χ4n) is 6.51. The van der Waals surface area contributed by atoms with Crippen LogP contribution < -0.4 is 15.3 Å². The van der Waals surface area contributed by atoms with Crippen LogP contribution in [0.3, 0.4) is 0 Å². The first-order valence-electron chi connectivity index (χ1n) is 13.6. The van der Waals surface area contributed by atoms with Crippen LogP contribution in [0.4, 0.5) is 20.8 Å². The summed E-state index contributed by atoms with van der Waals surface area (Å²) in [6.07, 6.45) is 1.72. The molecular formula is C34H26FNO2SSi. The maximum absolute atomic E-state index is 14.7. The Labute approximate surface area is 237 Å². The van der Waals surface area contributed by atoms with Crippen LogP contribution in [-0.4, -0.2) is 19.6 Å². The minimum atomic E-state index is -2.15. The summed E-state index contributed by atoms with van der Waals surface area (Å²) in [5, 5.41) is 5.28. The van der Waals surface area contributed by atoms with E-state index in [4.69, 9.17) is 0 Å². The van der Waals surface area contributed by atoms with Gasteiger partial charge in [0, 0.05) is 27.4 Å². The first-order valence-corrected chi connectivity index (χ1v) is 16.8. The van der Waals surface area contributed by atoms with Crippen LogP contribution in [-0.2, 0) is 0 Å². The van der Waals surface area contributed by atoms with Gasteiger partial charge in [0.2, 0.25) is 0 Å². The van der Waals surface area contributed by atoms with E-state index in [1.807, 2.05) is 54.6 Å². The van der Waals surface area contributed by atoms with Crippen molar-refractivity contribution in [1.29, 1.82) is 0 Å². The number of thiophene rings is 1. The second-order valence-electron chi connectivity index (χ2n) is 10.4. The standard InChI is InChI=1S/C34H26FNO2SSi/c1-3-40(4-2)30-12-8-7-11-28(30)36(29-15-13-23(35)19-31(29)40)32-16-14-24(39-32)20-27-33(37)25-17-21-9-5-6-10-22(21)18-26(25)34(27)38/h5-20H,3-4H2,1-2H3. The van der Waals surface area contributed by atoms with E-state index in [0.29, 0.717) is 11.1 Å². The Hall–Kier alpha value is -4.13. The molecule has 1 aliphatic carbocycles. The number of hydrogen-bond acceptors (Lipinski definition) is 4. The van der Waals surface area contributed by atoms with E-state index in [1.165, 1.54) is 22.6 Å². The molecule has 2 heterocycles. The number of hydrogen-bond donors (Lipinski definition) is 0. The Balaban J connectivity index is 1.33. The molecule has 0 saturated heterocycles. The lowest BCUT2D eigenvalue weighted by atomic mass is 10.0. The summed E-state index contributed by atoms with van der Waals surface area (Å²) >= 11 is 1.53. The minimum Gasteiger partial charge on any atom is -0.302 e. The maximum atomic E-state index is 14.7. The molecule has 40 heavy (non-hydrogen) atoms. The lowest BCUT2D eigenvalue weighted by molar-refractivity contribution is 0.0990. The number of allylic oxidation sites excluding steroid dienone is 1. The molecule has 3 nitrogen and oxygen atoms in total. The van der Waals surface area contributed by atoms with Crippen LogP contribution in [0.25, 0.3) is 16.8 Å². The molecule has 0 atom stereocenters. The Morgan fingerprint density at radius 2 is 1.38 bits per heavy atom. The fraction of sp³-hybridized carbons (Fsp3) is 0.118. The van der Waals surface area contributed by atoms with Gasteiger partial charge < -0.3 is 4.90 Å². The number of anilines is 3. The van der Waals surface area contributed by atoms with Crippen molar-refractivity contribution in [3.63, 3.8) is 0 Å². The first kappa shape index (κ1) is 24.9. The summed E-state index contributed by atoms with van der Waals surface area (Å²) in [5.74, 6) is -0.669. The van der Waals surface area contributed by atoms with Crippen LogP contribution >= 0.6 is 11.3 Å². The SMILES string of the molecule is CC[Si]1(CC)c2ccccc2N(c2ccc(C=C3C(=O)c4cc5ccccc5cc4C3=O)s2)c2ccc(F)cc21. The molecule has 0 N–H and O–H groups in total. The Kier molecular flexibility index (Phi) is 5.73. The molecule has 0 unspecified atom stereocenters. The molecule has 0 fully saturated rings. The summed E-state index contributed by atoms with van der Waals surface area (Å²) in [6.45, 7) is 4.45. The second-order valence-corrected chi connectivity index (χ2v) is 16.2. The van der Waals surface area contributed by atoms with Gasteiger partial charge in [-0.05, 0) is 75.8 Å². The molecular weight excluding hydrogens is 534 g/mol. The van der Waals surface area contributed by atoms with E-state index in [1.54, 1.807) is 12.1 Å². The summed E-state index contributed by atoms with van der Waals surface area (Å²) < 4.78 is 14.7. The molecule has 2 aliphatic rings. The van der Waals surface area contributed by atoms with Gasteiger partial charge in [0.25, 0.3) is 0 Å². The molecule has 1 aliphatic heterocycles. The molecule has 0 amide bonds. The second kappa shape index (κ2) is 9.22. The number of nitrogens with zero attached hydrogens (tertiary/aromatic N) is 1.